The van der Waals surface area contributed by atoms with Gasteiger partial charge in [0.15, 0.2) is 6.10 Å². The molecule has 0 fully saturated rings. The van der Waals surface area contributed by atoms with Crippen LogP contribution in [-0.2, 0) is 31.2 Å². The van der Waals surface area contributed by atoms with Gasteiger partial charge in [0.05, 0.1) is 0 Å². The van der Waals surface area contributed by atoms with E-state index in [2.05, 4.69) is 171 Å². The lowest BCUT2D eigenvalue weighted by atomic mass is 9.77. The highest BCUT2D eigenvalue weighted by atomic mass is 19.0. The van der Waals surface area contributed by atoms with Crippen LogP contribution in [0.25, 0.3) is 0 Å². The van der Waals surface area contributed by atoms with Crippen molar-refractivity contribution in [2.45, 2.75) is 144 Å². The molecule has 55 heavy (non-hydrogen) atoms. The molecule has 2 aliphatic heterocycles. The van der Waals surface area contributed by atoms with Crippen LogP contribution in [0.5, 0.6) is 11.5 Å². The van der Waals surface area contributed by atoms with E-state index in [4.69, 9.17) is 9.47 Å². The minimum absolute atomic E-state index is 0. The van der Waals surface area contributed by atoms with Crippen molar-refractivity contribution in [3.05, 3.63) is 128 Å². The van der Waals surface area contributed by atoms with Crippen LogP contribution in [0.1, 0.15) is 158 Å². The monoisotopic (exact) mass is 758 g/mol. The fourth-order valence-electron chi connectivity index (χ4n) is 6.50. The minimum atomic E-state index is -1.15. The summed E-state index contributed by atoms with van der Waals surface area (Å²) in [5.74, 6) is 0.226. The van der Waals surface area contributed by atoms with Crippen LogP contribution in [0, 0.1) is 27.7 Å². The molecular weight excluding hydrogens is 692 g/mol. The maximum atomic E-state index is 12.9. The Labute approximate surface area is 330 Å². The number of rotatable bonds is 1. The van der Waals surface area contributed by atoms with Crippen LogP contribution in [0.3, 0.4) is 0 Å². The number of carbonyl (C=O) groups is 2. The first kappa shape index (κ1) is 46.8. The summed E-state index contributed by atoms with van der Waals surface area (Å²) in [4.78, 5) is 24.5. The molecule has 302 valence electrons. The van der Waals surface area contributed by atoms with Crippen LogP contribution in [-0.4, -0.2) is 22.5 Å². The average molecular weight is 759 g/mol. The van der Waals surface area contributed by atoms with Crippen molar-refractivity contribution in [2.24, 2.45) is 0 Å². The molecule has 2 atom stereocenters. The standard InChI is InChI=1S/C24H30O2.C16H22O3.C8H10.FH.H2O.H2/c1-14-9-10-15(2)17(11-14)20-18-12-16(23(3,4)5)13-19(24(6,7)8)21(18)26-22(20)25;1-15(2,3)9-7-10-12(17)14(18)19-13(10)11(8-9)16(4,5)6;1-7-3-5-8(2)6-4-7;;;/h9-13,20H,1-8H3;7-8,12,17H,1-6H3;3-6H,1-2H3;1H;1H2;1H/p-1/i;;;;;1+1. The molecule has 0 saturated heterocycles. The number of fused-ring (bicyclic) bond motifs is 2. The fraction of sp³-hybridized carbons (Fsp3) is 0.458. The molecule has 0 aliphatic carbocycles. The number of aryl methyl sites for hydroxylation is 4. The quantitative estimate of drug-likeness (QED) is 0.153. The average Bonchev–Trinajstić information content (AvgIpc) is 3.51. The van der Waals surface area contributed by atoms with Crippen molar-refractivity contribution in [2.75, 3.05) is 0 Å². The van der Waals surface area contributed by atoms with Gasteiger partial charge in [0.1, 0.15) is 17.4 Å². The smallest absolute Gasteiger partial charge is 0.345 e. The van der Waals surface area contributed by atoms with Crippen LogP contribution < -0.4 is 9.47 Å². The van der Waals surface area contributed by atoms with Crippen molar-refractivity contribution in [3.63, 3.8) is 0 Å². The van der Waals surface area contributed by atoms with Gasteiger partial charge in [-0.25, -0.2) is 4.79 Å². The van der Waals surface area contributed by atoms with Gasteiger partial charge in [-0.1, -0.05) is 160 Å². The van der Waals surface area contributed by atoms with E-state index in [0.717, 1.165) is 44.7 Å². The van der Waals surface area contributed by atoms with Crippen LogP contribution in [0.4, 0.5) is 4.70 Å². The maximum Gasteiger partial charge on any atom is 0.345 e. The van der Waals surface area contributed by atoms with E-state index in [1.807, 2.05) is 6.07 Å². The van der Waals surface area contributed by atoms with Gasteiger partial charge >= 0.3 is 11.9 Å². The molecule has 2 unspecified atom stereocenters. The van der Waals surface area contributed by atoms with E-state index in [0.29, 0.717) is 11.3 Å². The van der Waals surface area contributed by atoms with Crippen molar-refractivity contribution < 1.29 is 35.8 Å². The van der Waals surface area contributed by atoms with Gasteiger partial charge in [-0.15, -0.1) is 0 Å². The van der Waals surface area contributed by atoms with Crippen LogP contribution in [0.2, 0.25) is 0 Å². The summed E-state index contributed by atoms with van der Waals surface area (Å²) in [5.41, 5.74) is 11.8. The van der Waals surface area contributed by atoms with Crippen molar-refractivity contribution in [3.8, 4) is 11.5 Å². The number of aliphatic hydroxyl groups is 1. The third kappa shape index (κ3) is 10.7. The lowest BCUT2D eigenvalue weighted by Gasteiger charge is -2.27. The fourth-order valence-corrected chi connectivity index (χ4v) is 6.50. The molecule has 0 radical (unpaired) electrons. The summed E-state index contributed by atoms with van der Waals surface area (Å²) in [6, 6.07) is 23.2. The molecule has 2 aliphatic rings. The molecule has 0 spiro atoms. The first-order valence-corrected chi connectivity index (χ1v) is 18.8. The topological polar surface area (TPSA) is 103 Å². The molecule has 4 aromatic rings. The summed E-state index contributed by atoms with van der Waals surface area (Å²) in [7, 11) is 0. The zero-order valence-corrected chi connectivity index (χ0v) is 35.9. The summed E-state index contributed by atoms with van der Waals surface area (Å²) in [6.07, 6.45) is -1.15. The third-order valence-electron chi connectivity index (χ3n) is 10.0. The lowest BCUT2D eigenvalue weighted by Crippen LogP contribution is -2.17. The van der Waals surface area contributed by atoms with Gasteiger partial charge in [-0.2, -0.15) is 0 Å². The lowest BCUT2D eigenvalue weighted by molar-refractivity contribution is -0.141. The van der Waals surface area contributed by atoms with Crippen LogP contribution >= 0.6 is 0 Å². The molecule has 4 aromatic carbocycles. The Morgan fingerprint density at radius 3 is 1.31 bits per heavy atom. The zero-order valence-electron chi connectivity index (χ0n) is 35.9. The summed E-state index contributed by atoms with van der Waals surface area (Å²) >= 11 is 0. The van der Waals surface area contributed by atoms with Gasteiger partial charge < -0.3 is 20.1 Å². The highest BCUT2D eigenvalue weighted by molar-refractivity contribution is 5.91. The molecule has 7 heteroatoms. The molecule has 0 saturated carbocycles. The Balaban J connectivity index is 0.000000459. The summed E-state index contributed by atoms with van der Waals surface area (Å²) in [5, 5.41) is 9.96. The molecule has 2 heterocycles. The molecular formula is C48H66FO6-. The molecule has 0 aromatic heterocycles. The maximum absolute atomic E-state index is 12.9. The van der Waals surface area contributed by atoms with E-state index < -0.39 is 12.1 Å². The first-order chi connectivity index (χ1) is 24.2. The van der Waals surface area contributed by atoms with Gasteiger partial charge in [0.25, 0.3) is 0 Å². The second kappa shape index (κ2) is 16.8. The SMILES string of the molecule is CC(C)(C)c1cc2c(c(C(C)(C)C)c1)OC(=O)C2O.Cc1ccc(C)c(C2C(=O)Oc3c2cc(C(C)(C)C)cc3C(C)(C)C)c1.Cc1ccc(C)cc1.F.[2HH].[OH-]. The minimum Gasteiger partial charge on any atom is -0.870 e. The normalized spacial score (nSPS) is 16.2. The van der Waals surface area contributed by atoms with Crippen molar-refractivity contribution >= 4 is 11.9 Å². The number of ether oxygens (including phenoxy) is 2. The van der Waals surface area contributed by atoms with E-state index in [1.54, 1.807) is 0 Å². The Hall–Kier alpha value is -4.33. The zero-order chi connectivity index (χ0) is 40.0. The molecule has 0 bridgehead atoms. The number of carbonyl (C=O) groups excluding carboxylic acids is 2. The van der Waals surface area contributed by atoms with E-state index in [9.17, 15) is 14.7 Å². The van der Waals surface area contributed by atoms with Gasteiger partial charge in [0.2, 0.25) is 0 Å². The van der Waals surface area contributed by atoms with E-state index in [-0.39, 0.29) is 45.2 Å². The van der Waals surface area contributed by atoms with Gasteiger partial charge in [-0.05, 0) is 77.7 Å². The molecule has 6 nitrogen and oxygen atoms in total. The summed E-state index contributed by atoms with van der Waals surface area (Å²) in [6.45, 7) is 34.1. The van der Waals surface area contributed by atoms with Crippen molar-refractivity contribution in [1.82, 2.24) is 0 Å². The number of hydrogen-bond donors (Lipinski definition) is 1. The Morgan fingerprint density at radius 1 is 0.509 bits per heavy atom. The second-order valence-electron chi connectivity index (χ2n) is 19.1. The first-order valence-electron chi connectivity index (χ1n) is 18.8. The highest BCUT2D eigenvalue weighted by Crippen LogP contribution is 2.48. The van der Waals surface area contributed by atoms with Gasteiger partial charge in [0, 0.05) is 23.7 Å². The van der Waals surface area contributed by atoms with Crippen LogP contribution in [0.15, 0.2) is 66.7 Å². The second-order valence-corrected chi connectivity index (χ2v) is 19.1. The largest absolute Gasteiger partial charge is 0.870 e. The Kier molecular flexibility index (Phi) is 14.3. The molecule has 6 rings (SSSR count). The third-order valence-corrected chi connectivity index (χ3v) is 10.0. The molecule has 2 N–H and O–H groups in total. The predicted octanol–water partition coefficient (Wildman–Crippen LogP) is 11.7. The Bertz CT molecular complexity index is 1980. The number of halogens is 1. The predicted molar refractivity (Wildman–Crippen MR) is 224 cm³/mol. The number of benzene rings is 4. The number of aliphatic hydroxyl groups excluding tert-OH is 1. The Morgan fingerprint density at radius 2 is 0.891 bits per heavy atom. The highest BCUT2D eigenvalue weighted by Gasteiger charge is 2.40. The summed E-state index contributed by atoms with van der Waals surface area (Å²) < 4.78 is 11.1. The molecule has 0 amide bonds. The number of hydrogen-bond acceptors (Lipinski definition) is 6. The van der Waals surface area contributed by atoms with E-state index in [1.165, 1.54) is 16.7 Å². The van der Waals surface area contributed by atoms with Crippen molar-refractivity contribution in [1.29, 1.82) is 0 Å². The van der Waals surface area contributed by atoms with Gasteiger partial charge in [-0.3, -0.25) is 9.50 Å². The number of esters is 2. The van der Waals surface area contributed by atoms with E-state index >= 15 is 0 Å².